The van der Waals surface area contributed by atoms with Crippen LogP contribution in [0.4, 0.5) is 5.69 Å². The second-order valence-electron chi connectivity index (χ2n) is 5.80. The molecule has 0 aliphatic rings. The molecule has 5 heteroatoms. The van der Waals surface area contributed by atoms with Crippen LogP contribution in [0.25, 0.3) is 21.9 Å². The third kappa shape index (κ3) is 3.02. The van der Waals surface area contributed by atoms with E-state index in [4.69, 9.17) is 4.42 Å². The summed E-state index contributed by atoms with van der Waals surface area (Å²) in [7, 11) is 1.48. The molecule has 26 heavy (non-hydrogen) atoms. The number of fused-ring (bicyclic) bond motifs is 3. The number of benzene rings is 3. The second kappa shape index (κ2) is 6.72. The van der Waals surface area contributed by atoms with Crippen LogP contribution >= 0.6 is 0 Å². The lowest BCUT2D eigenvalue weighted by atomic mass is 10.1. The van der Waals surface area contributed by atoms with Crippen molar-refractivity contribution in [3.8, 4) is 0 Å². The van der Waals surface area contributed by atoms with Crippen LogP contribution in [0.2, 0.25) is 0 Å². The summed E-state index contributed by atoms with van der Waals surface area (Å²) in [5, 5.41) is 8.69. The SMILES string of the molecule is CON=Cc1ccc(C(=O)Nc2ccc3c(c2)oc2ccccc23)cc1. The van der Waals surface area contributed by atoms with Crippen LogP contribution in [0.5, 0.6) is 0 Å². The average molecular weight is 344 g/mol. The van der Waals surface area contributed by atoms with Crippen molar-refractivity contribution in [3.05, 3.63) is 77.9 Å². The Hall–Kier alpha value is -3.60. The van der Waals surface area contributed by atoms with E-state index in [1.807, 2.05) is 42.5 Å². The predicted molar refractivity (Wildman–Crippen MR) is 103 cm³/mol. The van der Waals surface area contributed by atoms with Crippen molar-refractivity contribution in [2.45, 2.75) is 0 Å². The first-order valence-electron chi connectivity index (χ1n) is 8.14. The fourth-order valence-corrected chi connectivity index (χ4v) is 2.84. The third-order valence-electron chi connectivity index (χ3n) is 4.12. The monoisotopic (exact) mass is 344 g/mol. The number of carbonyl (C=O) groups excluding carboxylic acids is 1. The summed E-state index contributed by atoms with van der Waals surface area (Å²) in [5.74, 6) is -0.185. The molecule has 1 aromatic heterocycles. The first-order chi connectivity index (χ1) is 12.7. The van der Waals surface area contributed by atoms with E-state index in [0.29, 0.717) is 11.3 Å². The zero-order valence-electron chi connectivity index (χ0n) is 14.1. The van der Waals surface area contributed by atoms with Gasteiger partial charge in [0.1, 0.15) is 18.3 Å². The lowest BCUT2D eigenvalue weighted by Crippen LogP contribution is -2.11. The number of rotatable bonds is 4. The molecule has 0 radical (unpaired) electrons. The Labute approximate surface area is 149 Å². The minimum atomic E-state index is -0.185. The lowest BCUT2D eigenvalue weighted by Gasteiger charge is -2.05. The van der Waals surface area contributed by atoms with Crippen LogP contribution < -0.4 is 5.32 Å². The summed E-state index contributed by atoms with van der Waals surface area (Å²) in [6.07, 6.45) is 1.58. The van der Waals surface area contributed by atoms with Gasteiger partial charge in [-0.15, -0.1) is 0 Å². The molecule has 4 aromatic rings. The molecule has 0 saturated heterocycles. The topological polar surface area (TPSA) is 63.8 Å². The number of anilines is 1. The van der Waals surface area contributed by atoms with Gasteiger partial charge < -0.3 is 14.6 Å². The highest BCUT2D eigenvalue weighted by Crippen LogP contribution is 2.30. The summed E-state index contributed by atoms with van der Waals surface area (Å²) in [6, 6.07) is 20.6. The van der Waals surface area contributed by atoms with E-state index in [1.54, 1.807) is 30.5 Å². The van der Waals surface area contributed by atoms with Crippen molar-refractivity contribution in [2.75, 3.05) is 12.4 Å². The van der Waals surface area contributed by atoms with Crippen LogP contribution in [-0.4, -0.2) is 19.2 Å². The Kier molecular flexibility index (Phi) is 4.11. The maximum Gasteiger partial charge on any atom is 0.255 e. The number of furan rings is 1. The number of para-hydroxylation sites is 1. The number of nitrogens with one attached hydrogen (secondary N) is 1. The minimum absolute atomic E-state index is 0.185. The molecule has 0 aliphatic heterocycles. The van der Waals surface area contributed by atoms with Gasteiger partial charge in [0, 0.05) is 28.1 Å². The Morgan fingerprint density at radius 3 is 2.58 bits per heavy atom. The van der Waals surface area contributed by atoms with E-state index in [1.165, 1.54) is 7.11 Å². The van der Waals surface area contributed by atoms with E-state index in [-0.39, 0.29) is 5.91 Å². The Balaban J connectivity index is 1.57. The number of carbonyl (C=O) groups is 1. The quantitative estimate of drug-likeness (QED) is 0.426. The molecule has 5 nitrogen and oxygen atoms in total. The van der Waals surface area contributed by atoms with Crippen LogP contribution in [0.1, 0.15) is 15.9 Å². The molecule has 1 N–H and O–H groups in total. The van der Waals surface area contributed by atoms with Gasteiger partial charge >= 0.3 is 0 Å². The number of hydrogen-bond acceptors (Lipinski definition) is 4. The van der Waals surface area contributed by atoms with Gasteiger partial charge in [-0.3, -0.25) is 4.79 Å². The highest BCUT2D eigenvalue weighted by Gasteiger charge is 2.10. The smallest absolute Gasteiger partial charge is 0.255 e. The lowest BCUT2D eigenvalue weighted by molar-refractivity contribution is 0.102. The van der Waals surface area contributed by atoms with Crippen molar-refractivity contribution < 1.29 is 14.0 Å². The van der Waals surface area contributed by atoms with Gasteiger partial charge in [-0.1, -0.05) is 35.5 Å². The second-order valence-corrected chi connectivity index (χ2v) is 5.80. The highest BCUT2D eigenvalue weighted by atomic mass is 16.6. The predicted octanol–water partition coefficient (Wildman–Crippen LogP) is 4.82. The van der Waals surface area contributed by atoms with Crippen LogP contribution in [0.15, 0.2) is 76.3 Å². The molecule has 0 unspecified atom stereocenters. The maximum atomic E-state index is 12.4. The molecule has 0 bridgehead atoms. The molecule has 0 fully saturated rings. The van der Waals surface area contributed by atoms with Crippen LogP contribution in [-0.2, 0) is 4.84 Å². The molecule has 3 aromatic carbocycles. The molecule has 1 heterocycles. The van der Waals surface area contributed by atoms with E-state index >= 15 is 0 Å². The van der Waals surface area contributed by atoms with E-state index in [2.05, 4.69) is 15.3 Å². The van der Waals surface area contributed by atoms with Gasteiger partial charge in [0.25, 0.3) is 5.91 Å². The normalized spacial score (nSPS) is 11.3. The van der Waals surface area contributed by atoms with Gasteiger partial charge in [-0.05, 0) is 35.9 Å². The summed E-state index contributed by atoms with van der Waals surface area (Å²) in [6.45, 7) is 0. The van der Waals surface area contributed by atoms with E-state index in [9.17, 15) is 4.79 Å². The largest absolute Gasteiger partial charge is 0.456 e. The summed E-state index contributed by atoms with van der Waals surface area (Å²) in [4.78, 5) is 17.1. The van der Waals surface area contributed by atoms with E-state index < -0.39 is 0 Å². The summed E-state index contributed by atoms with van der Waals surface area (Å²) < 4.78 is 5.86. The number of nitrogens with zero attached hydrogens (tertiary/aromatic N) is 1. The number of oxime groups is 1. The Morgan fingerprint density at radius 1 is 1.00 bits per heavy atom. The van der Waals surface area contributed by atoms with Crippen molar-refractivity contribution in [2.24, 2.45) is 5.16 Å². The highest BCUT2D eigenvalue weighted by molar-refractivity contribution is 6.08. The number of hydrogen-bond donors (Lipinski definition) is 1. The van der Waals surface area contributed by atoms with Gasteiger partial charge in [0.15, 0.2) is 0 Å². The molecular formula is C21H16N2O3. The van der Waals surface area contributed by atoms with Crippen LogP contribution in [0.3, 0.4) is 0 Å². The van der Waals surface area contributed by atoms with Gasteiger partial charge in [-0.25, -0.2) is 0 Å². The fourth-order valence-electron chi connectivity index (χ4n) is 2.84. The first-order valence-corrected chi connectivity index (χ1v) is 8.14. The molecule has 0 atom stereocenters. The minimum Gasteiger partial charge on any atom is -0.456 e. The fraction of sp³-hybridized carbons (Fsp3) is 0.0476. The van der Waals surface area contributed by atoms with Crippen LogP contribution in [0, 0.1) is 0 Å². The summed E-state index contributed by atoms with van der Waals surface area (Å²) >= 11 is 0. The van der Waals surface area contributed by atoms with Gasteiger partial charge in [0.2, 0.25) is 0 Å². The van der Waals surface area contributed by atoms with Crippen molar-refractivity contribution in [1.82, 2.24) is 0 Å². The first kappa shape index (κ1) is 15.9. The molecule has 0 saturated carbocycles. The third-order valence-corrected chi connectivity index (χ3v) is 4.12. The maximum absolute atomic E-state index is 12.4. The molecule has 0 spiro atoms. The molecule has 1 amide bonds. The van der Waals surface area contributed by atoms with Gasteiger partial charge in [-0.2, -0.15) is 0 Å². The van der Waals surface area contributed by atoms with Crippen molar-refractivity contribution in [3.63, 3.8) is 0 Å². The Bertz CT molecular complexity index is 1110. The molecule has 128 valence electrons. The zero-order chi connectivity index (χ0) is 17.9. The Morgan fingerprint density at radius 2 is 1.77 bits per heavy atom. The zero-order valence-corrected chi connectivity index (χ0v) is 14.1. The van der Waals surface area contributed by atoms with Crippen molar-refractivity contribution >= 4 is 39.7 Å². The average Bonchev–Trinajstić information content (AvgIpc) is 3.04. The van der Waals surface area contributed by atoms with Crippen molar-refractivity contribution in [1.29, 1.82) is 0 Å². The number of amides is 1. The molecule has 4 rings (SSSR count). The molecule has 0 aliphatic carbocycles. The van der Waals surface area contributed by atoms with Gasteiger partial charge in [0.05, 0.1) is 6.21 Å². The summed E-state index contributed by atoms with van der Waals surface area (Å²) in [5.41, 5.74) is 3.68. The molecular weight excluding hydrogens is 328 g/mol. The standard InChI is InChI=1S/C21H16N2O3/c1-25-22-13-14-6-8-15(9-7-14)21(24)23-16-10-11-18-17-4-2-3-5-19(17)26-20(18)12-16/h2-13H,1H3,(H,23,24). The van der Waals surface area contributed by atoms with E-state index in [0.717, 1.165) is 27.5 Å².